The Bertz CT molecular complexity index is 562. The summed E-state index contributed by atoms with van der Waals surface area (Å²) >= 11 is 0. The van der Waals surface area contributed by atoms with Crippen molar-refractivity contribution in [2.75, 3.05) is 32.3 Å². The van der Waals surface area contributed by atoms with Crippen LogP contribution in [0.3, 0.4) is 0 Å². The summed E-state index contributed by atoms with van der Waals surface area (Å²) in [6.45, 7) is 0.324. The van der Waals surface area contributed by atoms with Crippen LogP contribution >= 0.6 is 0 Å². The van der Waals surface area contributed by atoms with E-state index in [4.69, 9.17) is 9.47 Å². The minimum absolute atomic E-state index is 0.105. The Balaban J connectivity index is 2.36. The molecule has 0 saturated carbocycles. The Morgan fingerprint density at radius 1 is 1.52 bits per heavy atom. The van der Waals surface area contributed by atoms with E-state index >= 15 is 0 Å². The number of carboxylic acids is 1. The summed E-state index contributed by atoms with van der Waals surface area (Å²) in [4.78, 5) is 23.5. The maximum atomic E-state index is 11.2. The molecule has 1 aliphatic heterocycles. The van der Waals surface area contributed by atoms with Crippen molar-refractivity contribution < 1.29 is 24.3 Å². The van der Waals surface area contributed by atoms with Crippen LogP contribution in [0.5, 0.6) is 5.75 Å². The molecule has 2 unspecified atom stereocenters. The van der Waals surface area contributed by atoms with Crippen LogP contribution in [0.2, 0.25) is 0 Å². The average Bonchev–Trinajstić information content (AvgIpc) is 2.95. The minimum atomic E-state index is -0.972. The second-order valence-electron chi connectivity index (χ2n) is 4.77. The lowest BCUT2D eigenvalue weighted by Gasteiger charge is -2.28. The van der Waals surface area contributed by atoms with Crippen LogP contribution in [0.25, 0.3) is 0 Å². The third-order valence-electron chi connectivity index (χ3n) is 3.62. The molecule has 1 aliphatic rings. The summed E-state index contributed by atoms with van der Waals surface area (Å²) in [7, 11) is 3.05. The van der Waals surface area contributed by atoms with Crippen LogP contribution in [0.15, 0.2) is 18.2 Å². The van der Waals surface area contributed by atoms with Gasteiger partial charge in [-0.2, -0.15) is 0 Å². The van der Waals surface area contributed by atoms with E-state index in [1.54, 1.807) is 24.1 Å². The summed E-state index contributed by atoms with van der Waals surface area (Å²) in [5.41, 5.74) is 0.204. The molecule has 1 aromatic carbocycles. The zero-order valence-electron chi connectivity index (χ0n) is 11.7. The third kappa shape index (κ3) is 2.89. The fourth-order valence-corrected chi connectivity index (χ4v) is 2.41. The molecule has 1 aromatic rings. The van der Waals surface area contributed by atoms with Crippen molar-refractivity contribution >= 4 is 17.3 Å². The van der Waals surface area contributed by atoms with Gasteiger partial charge in [0.2, 0.25) is 0 Å². The van der Waals surface area contributed by atoms with E-state index in [1.807, 2.05) is 0 Å². The van der Waals surface area contributed by atoms with Gasteiger partial charge in [-0.25, -0.2) is 0 Å². The largest absolute Gasteiger partial charge is 0.496 e. The topological polar surface area (TPSA) is 102 Å². The van der Waals surface area contributed by atoms with Crippen molar-refractivity contribution in [1.29, 1.82) is 0 Å². The van der Waals surface area contributed by atoms with Gasteiger partial charge in [-0.3, -0.25) is 14.9 Å². The average molecular weight is 296 g/mol. The lowest BCUT2D eigenvalue weighted by molar-refractivity contribution is -0.384. The van der Waals surface area contributed by atoms with Crippen molar-refractivity contribution in [3.05, 3.63) is 28.3 Å². The molecule has 0 aliphatic carbocycles. The zero-order chi connectivity index (χ0) is 15.6. The van der Waals surface area contributed by atoms with Crippen molar-refractivity contribution in [3.8, 4) is 5.75 Å². The normalized spacial score (nSPS) is 21.0. The van der Waals surface area contributed by atoms with Gasteiger partial charge in [0.05, 0.1) is 37.4 Å². The Morgan fingerprint density at radius 2 is 2.24 bits per heavy atom. The molecule has 0 bridgehead atoms. The number of carbonyl (C=O) groups is 1. The molecule has 1 saturated heterocycles. The van der Waals surface area contributed by atoms with Crippen LogP contribution in [0.1, 0.15) is 0 Å². The van der Waals surface area contributed by atoms with E-state index in [0.717, 1.165) is 0 Å². The standard InChI is InChI=1S/C13H16N2O6/c1-14(12-7-21-6-9(12)13(16)17)10-4-3-8(20-2)5-11(10)15(18)19/h3-5,9,12H,6-7H2,1-2H3,(H,16,17). The van der Waals surface area contributed by atoms with Crippen LogP contribution < -0.4 is 9.64 Å². The number of nitrogens with zero attached hydrogens (tertiary/aromatic N) is 2. The fraction of sp³-hybridized carbons (Fsp3) is 0.462. The zero-order valence-corrected chi connectivity index (χ0v) is 11.7. The molecule has 8 nitrogen and oxygen atoms in total. The number of rotatable bonds is 5. The number of ether oxygens (including phenoxy) is 2. The van der Waals surface area contributed by atoms with E-state index in [-0.39, 0.29) is 18.9 Å². The molecule has 0 amide bonds. The Labute approximate surface area is 121 Å². The molecule has 1 fully saturated rings. The summed E-state index contributed by atoms with van der Waals surface area (Å²) < 4.78 is 10.2. The first-order valence-corrected chi connectivity index (χ1v) is 6.31. The summed E-state index contributed by atoms with van der Waals surface area (Å²) in [5, 5.41) is 20.4. The number of anilines is 1. The Kier molecular flexibility index (Phi) is 4.27. The number of nitro benzene ring substituents is 1. The highest BCUT2D eigenvalue weighted by molar-refractivity contribution is 5.74. The molecule has 21 heavy (non-hydrogen) atoms. The number of likely N-dealkylation sites (N-methyl/N-ethyl adjacent to an activating group) is 1. The van der Waals surface area contributed by atoms with Gasteiger partial charge in [-0.1, -0.05) is 0 Å². The van der Waals surface area contributed by atoms with Gasteiger partial charge < -0.3 is 19.5 Å². The smallest absolute Gasteiger partial charge is 0.311 e. The summed E-state index contributed by atoms with van der Waals surface area (Å²) in [6.07, 6.45) is 0. The molecule has 0 aromatic heterocycles. The molecule has 2 atom stereocenters. The Hall–Kier alpha value is -2.35. The van der Waals surface area contributed by atoms with Gasteiger partial charge in [-0.05, 0) is 12.1 Å². The molecule has 2 rings (SSSR count). The van der Waals surface area contributed by atoms with E-state index < -0.39 is 22.9 Å². The van der Waals surface area contributed by atoms with Gasteiger partial charge in [0.25, 0.3) is 5.69 Å². The fourth-order valence-electron chi connectivity index (χ4n) is 2.41. The van der Waals surface area contributed by atoms with Gasteiger partial charge in [-0.15, -0.1) is 0 Å². The first-order chi connectivity index (χ1) is 9.95. The molecule has 1 N–H and O–H groups in total. The predicted molar refractivity (Wildman–Crippen MR) is 73.8 cm³/mol. The third-order valence-corrected chi connectivity index (χ3v) is 3.62. The molecule has 8 heteroatoms. The highest BCUT2D eigenvalue weighted by Gasteiger charge is 2.38. The lowest BCUT2D eigenvalue weighted by atomic mass is 10.0. The number of nitro groups is 1. The number of carboxylic acid groups (broad SMARTS) is 1. The quantitative estimate of drug-likeness (QED) is 0.642. The van der Waals surface area contributed by atoms with E-state index in [2.05, 4.69) is 0 Å². The summed E-state index contributed by atoms with van der Waals surface area (Å²) in [5.74, 6) is -1.31. The molecular formula is C13H16N2O6. The maximum Gasteiger partial charge on any atom is 0.311 e. The maximum absolute atomic E-state index is 11.2. The van der Waals surface area contributed by atoms with Gasteiger partial charge in [0.15, 0.2) is 0 Å². The number of hydrogen-bond donors (Lipinski definition) is 1. The molecule has 0 radical (unpaired) electrons. The number of aliphatic carboxylic acids is 1. The number of methoxy groups -OCH3 is 1. The van der Waals surface area contributed by atoms with Crippen LogP contribution in [0.4, 0.5) is 11.4 Å². The van der Waals surface area contributed by atoms with Crippen molar-refractivity contribution in [3.63, 3.8) is 0 Å². The summed E-state index contributed by atoms with van der Waals surface area (Å²) in [6, 6.07) is 4.02. The van der Waals surface area contributed by atoms with Gasteiger partial charge in [0.1, 0.15) is 17.4 Å². The molecule has 0 spiro atoms. The minimum Gasteiger partial charge on any atom is -0.496 e. The van der Waals surface area contributed by atoms with Crippen LogP contribution in [0, 0.1) is 16.0 Å². The molecule has 1 heterocycles. The van der Waals surface area contributed by atoms with Crippen molar-refractivity contribution in [2.24, 2.45) is 5.92 Å². The van der Waals surface area contributed by atoms with Crippen molar-refractivity contribution in [1.82, 2.24) is 0 Å². The highest BCUT2D eigenvalue weighted by Crippen LogP contribution is 2.34. The second kappa shape index (κ2) is 5.96. The van der Waals surface area contributed by atoms with E-state index in [9.17, 15) is 20.0 Å². The first-order valence-electron chi connectivity index (χ1n) is 6.31. The molecular weight excluding hydrogens is 280 g/mol. The van der Waals surface area contributed by atoms with E-state index in [1.165, 1.54) is 13.2 Å². The Morgan fingerprint density at radius 3 is 2.81 bits per heavy atom. The van der Waals surface area contributed by atoms with Crippen LogP contribution in [-0.4, -0.2) is 49.4 Å². The number of benzene rings is 1. The van der Waals surface area contributed by atoms with Crippen molar-refractivity contribution in [2.45, 2.75) is 6.04 Å². The highest BCUT2D eigenvalue weighted by atomic mass is 16.6. The second-order valence-corrected chi connectivity index (χ2v) is 4.77. The van der Waals surface area contributed by atoms with Gasteiger partial charge in [0, 0.05) is 7.05 Å². The van der Waals surface area contributed by atoms with Gasteiger partial charge >= 0.3 is 5.97 Å². The molecule has 114 valence electrons. The lowest BCUT2D eigenvalue weighted by Crippen LogP contribution is -2.41. The van der Waals surface area contributed by atoms with E-state index in [0.29, 0.717) is 11.4 Å². The van der Waals surface area contributed by atoms with Crippen LogP contribution in [-0.2, 0) is 9.53 Å². The number of hydrogen-bond acceptors (Lipinski definition) is 6. The SMILES string of the molecule is COc1ccc(N(C)C2COCC2C(=O)O)c([N+](=O)[O-])c1. The predicted octanol–water partition coefficient (Wildman–Crippen LogP) is 1.14. The first kappa shape index (κ1) is 15.0. The monoisotopic (exact) mass is 296 g/mol.